The van der Waals surface area contributed by atoms with Gasteiger partial charge in [0.05, 0.1) is 14.2 Å². The SMILES string of the molecule is COc1cc(-c2ccc(F)cc2)c(OC)c(C=O)c1OS(=O)(=O)C(F)(F)F. The van der Waals surface area contributed by atoms with Crippen LogP contribution in [0.1, 0.15) is 10.4 Å². The van der Waals surface area contributed by atoms with Crippen molar-refractivity contribution in [1.82, 2.24) is 0 Å². The number of aldehydes is 1. The van der Waals surface area contributed by atoms with Crippen molar-refractivity contribution in [3.8, 4) is 28.4 Å². The summed E-state index contributed by atoms with van der Waals surface area (Å²) in [6, 6.07) is 5.99. The van der Waals surface area contributed by atoms with Crippen LogP contribution in [0.4, 0.5) is 17.6 Å². The minimum atomic E-state index is -6.07. The summed E-state index contributed by atoms with van der Waals surface area (Å²) < 4.78 is 87.8. The summed E-state index contributed by atoms with van der Waals surface area (Å²) in [5.74, 6) is -2.26. The van der Waals surface area contributed by atoms with E-state index in [9.17, 15) is 30.8 Å². The summed E-state index contributed by atoms with van der Waals surface area (Å²) in [5.41, 5.74) is -5.86. The zero-order chi connectivity index (χ0) is 20.4. The summed E-state index contributed by atoms with van der Waals surface area (Å²) in [4.78, 5) is 11.5. The van der Waals surface area contributed by atoms with Crippen molar-refractivity contribution in [2.24, 2.45) is 0 Å². The van der Waals surface area contributed by atoms with Gasteiger partial charge in [-0.15, -0.1) is 0 Å². The van der Waals surface area contributed by atoms with Gasteiger partial charge >= 0.3 is 15.6 Å². The molecule has 0 saturated carbocycles. The van der Waals surface area contributed by atoms with Gasteiger partial charge in [-0.2, -0.15) is 21.6 Å². The monoisotopic (exact) mass is 408 g/mol. The van der Waals surface area contributed by atoms with Gasteiger partial charge in [0.25, 0.3) is 0 Å². The van der Waals surface area contributed by atoms with Crippen LogP contribution in [0.15, 0.2) is 30.3 Å². The molecule has 0 radical (unpaired) electrons. The van der Waals surface area contributed by atoms with Gasteiger partial charge in [-0.05, 0) is 23.8 Å². The van der Waals surface area contributed by atoms with Crippen LogP contribution in [-0.2, 0) is 10.1 Å². The normalized spacial score (nSPS) is 11.8. The molecule has 0 amide bonds. The highest BCUT2D eigenvalue weighted by atomic mass is 32.2. The molecule has 0 unspecified atom stereocenters. The molecule has 2 rings (SSSR count). The lowest BCUT2D eigenvalue weighted by Crippen LogP contribution is -2.28. The first kappa shape index (κ1) is 20.5. The van der Waals surface area contributed by atoms with Crippen LogP contribution in [0.5, 0.6) is 17.2 Å². The second-order valence-electron chi connectivity index (χ2n) is 5.01. The Bertz CT molecular complexity index is 952. The Balaban J connectivity index is 2.76. The third-order valence-electron chi connectivity index (χ3n) is 3.41. The first-order valence-electron chi connectivity index (χ1n) is 7.06. The molecule has 0 fully saturated rings. The van der Waals surface area contributed by atoms with E-state index in [-0.39, 0.29) is 17.6 Å². The van der Waals surface area contributed by atoms with Gasteiger partial charge < -0.3 is 13.7 Å². The lowest BCUT2D eigenvalue weighted by Gasteiger charge is -2.18. The van der Waals surface area contributed by atoms with Gasteiger partial charge in [0.15, 0.2) is 17.8 Å². The molecule has 0 aliphatic carbocycles. The van der Waals surface area contributed by atoms with Gasteiger partial charge in [0, 0.05) is 5.56 Å². The number of hydrogen-bond donors (Lipinski definition) is 0. The molecular formula is C16H12F4O6S. The van der Waals surface area contributed by atoms with E-state index in [0.717, 1.165) is 32.4 Å². The molecular weight excluding hydrogens is 396 g/mol. The van der Waals surface area contributed by atoms with Crippen molar-refractivity contribution in [3.05, 3.63) is 41.7 Å². The number of benzene rings is 2. The minimum Gasteiger partial charge on any atom is -0.495 e. The Morgan fingerprint density at radius 2 is 1.59 bits per heavy atom. The molecule has 146 valence electrons. The fourth-order valence-electron chi connectivity index (χ4n) is 2.21. The van der Waals surface area contributed by atoms with E-state index in [1.807, 2.05) is 0 Å². The van der Waals surface area contributed by atoms with Gasteiger partial charge in [0.2, 0.25) is 0 Å². The van der Waals surface area contributed by atoms with Gasteiger partial charge in [-0.3, -0.25) is 4.79 Å². The van der Waals surface area contributed by atoms with Crippen molar-refractivity contribution in [1.29, 1.82) is 0 Å². The zero-order valence-corrected chi connectivity index (χ0v) is 14.7. The van der Waals surface area contributed by atoms with Crippen LogP contribution in [0.2, 0.25) is 0 Å². The Labute approximate surface area is 151 Å². The summed E-state index contributed by atoms with van der Waals surface area (Å²) in [6.45, 7) is 0. The van der Waals surface area contributed by atoms with Crippen LogP contribution < -0.4 is 13.7 Å². The molecule has 0 saturated heterocycles. The van der Waals surface area contributed by atoms with Gasteiger partial charge in [-0.1, -0.05) is 12.1 Å². The zero-order valence-electron chi connectivity index (χ0n) is 13.8. The van der Waals surface area contributed by atoms with Gasteiger partial charge in [-0.25, -0.2) is 4.39 Å². The molecule has 6 nitrogen and oxygen atoms in total. The number of methoxy groups -OCH3 is 2. The van der Waals surface area contributed by atoms with Gasteiger partial charge in [0.1, 0.15) is 17.1 Å². The molecule has 11 heteroatoms. The number of carbonyl (C=O) groups excluding carboxylic acids is 1. The predicted octanol–water partition coefficient (Wildman–Crippen LogP) is 3.55. The van der Waals surface area contributed by atoms with E-state index in [1.54, 1.807) is 0 Å². The van der Waals surface area contributed by atoms with Crippen molar-refractivity contribution < 1.29 is 44.4 Å². The van der Waals surface area contributed by atoms with Crippen LogP contribution in [0.25, 0.3) is 11.1 Å². The molecule has 0 atom stereocenters. The molecule has 2 aromatic rings. The number of rotatable bonds is 6. The Kier molecular flexibility index (Phi) is 5.64. The molecule has 0 aliphatic heterocycles. The molecule has 0 aliphatic rings. The number of carbonyl (C=O) groups is 1. The maximum Gasteiger partial charge on any atom is 0.534 e. The average molecular weight is 408 g/mol. The third-order valence-corrected chi connectivity index (χ3v) is 4.36. The van der Waals surface area contributed by atoms with Crippen LogP contribution in [0, 0.1) is 5.82 Å². The van der Waals surface area contributed by atoms with E-state index in [0.29, 0.717) is 5.56 Å². The smallest absolute Gasteiger partial charge is 0.495 e. The second-order valence-corrected chi connectivity index (χ2v) is 6.55. The highest BCUT2D eigenvalue weighted by Crippen LogP contribution is 2.45. The Hall–Kier alpha value is -2.82. The maximum atomic E-state index is 13.1. The third kappa shape index (κ3) is 3.97. The largest absolute Gasteiger partial charge is 0.534 e. The first-order chi connectivity index (χ1) is 12.6. The lowest BCUT2D eigenvalue weighted by atomic mass is 10.00. The van der Waals surface area contributed by atoms with E-state index in [4.69, 9.17) is 9.47 Å². The van der Waals surface area contributed by atoms with Crippen molar-refractivity contribution in [2.45, 2.75) is 5.51 Å². The topological polar surface area (TPSA) is 78.9 Å². The van der Waals surface area contributed by atoms with Crippen molar-refractivity contribution in [2.75, 3.05) is 14.2 Å². The lowest BCUT2D eigenvalue weighted by molar-refractivity contribution is -0.0500. The van der Waals surface area contributed by atoms with E-state index in [2.05, 4.69) is 4.18 Å². The highest BCUT2D eigenvalue weighted by molar-refractivity contribution is 7.88. The predicted molar refractivity (Wildman–Crippen MR) is 85.9 cm³/mol. The van der Waals surface area contributed by atoms with E-state index < -0.39 is 38.5 Å². The summed E-state index contributed by atoms with van der Waals surface area (Å²) >= 11 is 0. The first-order valence-corrected chi connectivity index (χ1v) is 8.47. The fourth-order valence-corrected chi connectivity index (χ4v) is 2.69. The molecule has 0 bridgehead atoms. The van der Waals surface area contributed by atoms with Crippen LogP contribution in [-0.4, -0.2) is 34.4 Å². The summed E-state index contributed by atoms with van der Waals surface area (Å²) in [5, 5.41) is 0. The number of hydrogen-bond acceptors (Lipinski definition) is 6. The Morgan fingerprint density at radius 3 is 2.04 bits per heavy atom. The second kappa shape index (κ2) is 7.43. The number of alkyl halides is 3. The summed E-state index contributed by atoms with van der Waals surface area (Å²) in [7, 11) is -3.91. The Morgan fingerprint density at radius 1 is 1.00 bits per heavy atom. The molecule has 0 heterocycles. The average Bonchev–Trinajstić information content (AvgIpc) is 2.60. The number of ether oxygens (including phenoxy) is 2. The van der Waals surface area contributed by atoms with Crippen molar-refractivity contribution in [3.63, 3.8) is 0 Å². The molecule has 0 spiro atoms. The summed E-state index contributed by atoms with van der Waals surface area (Å²) in [6.07, 6.45) is 0.0651. The standard InChI is InChI=1S/C16H12F4O6S/c1-24-13-7-11(9-3-5-10(17)6-4-9)14(25-2)12(8-21)15(13)26-27(22,23)16(18,19)20/h3-8H,1-2H3. The van der Waals surface area contributed by atoms with E-state index >= 15 is 0 Å². The van der Waals surface area contributed by atoms with E-state index in [1.165, 1.54) is 12.1 Å². The fraction of sp³-hybridized carbons (Fsp3) is 0.188. The molecule has 27 heavy (non-hydrogen) atoms. The molecule has 2 aromatic carbocycles. The highest BCUT2D eigenvalue weighted by Gasteiger charge is 2.49. The number of halogens is 4. The van der Waals surface area contributed by atoms with Crippen molar-refractivity contribution >= 4 is 16.4 Å². The van der Waals surface area contributed by atoms with Crippen LogP contribution >= 0.6 is 0 Å². The quantitative estimate of drug-likeness (QED) is 0.315. The van der Waals surface area contributed by atoms with Crippen LogP contribution in [0.3, 0.4) is 0 Å². The molecule has 0 N–H and O–H groups in total. The maximum absolute atomic E-state index is 13.1. The molecule has 0 aromatic heterocycles. The minimum absolute atomic E-state index is 0.0651.